The molecule has 0 spiro atoms. The van der Waals surface area contributed by atoms with Gasteiger partial charge in [0.05, 0.1) is 40.6 Å². The lowest BCUT2D eigenvalue weighted by atomic mass is 10.2. The Kier molecular flexibility index (Phi) is 5.40. The minimum Gasteiger partial charge on any atom is -0.619 e. The van der Waals surface area contributed by atoms with E-state index in [2.05, 4.69) is 25.6 Å². The van der Waals surface area contributed by atoms with E-state index in [1.807, 2.05) is 0 Å². The van der Waals surface area contributed by atoms with Gasteiger partial charge in [0, 0.05) is 5.39 Å². The Balaban J connectivity index is 1.56. The maximum Gasteiger partial charge on any atom is 0.434 e. The first-order chi connectivity index (χ1) is 16.6. The van der Waals surface area contributed by atoms with Gasteiger partial charge in [-0.3, -0.25) is 4.79 Å². The van der Waals surface area contributed by atoms with Crippen LogP contribution >= 0.6 is 22.9 Å². The van der Waals surface area contributed by atoms with Crippen LogP contribution in [0.1, 0.15) is 21.7 Å². The van der Waals surface area contributed by atoms with Gasteiger partial charge in [0.1, 0.15) is 10.4 Å². The van der Waals surface area contributed by atoms with Crippen molar-refractivity contribution >= 4 is 44.6 Å². The molecule has 1 amide bonds. The number of anilines is 1. The minimum atomic E-state index is -4.96. The zero-order valence-corrected chi connectivity index (χ0v) is 19.1. The lowest BCUT2D eigenvalue weighted by Gasteiger charge is -2.14. The fraction of sp³-hybridized carbons (Fsp3) is 0.100. The molecule has 0 atom stereocenters. The summed E-state index contributed by atoms with van der Waals surface area (Å²) in [5, 5.41) is 28.2. The number of pyridine rings is 2. The predicted octanol–water partition coefficient (Wildman–Crippen LogP) is 3.93. The number of halogens is 4. The normalized spacial score (nSPS) is 11.8. The second-order valence-corrected chi connectivity index (χ2v) is 8.57. The molecule has 1 N–H and O–H groups in total. The largest absolute Gasteiger partial charge is 0.619 e. The van der Waals surface area contributed by atoms with Crippen LogP contribution in [0, 0.1) is 12.1 Å². The van der Waals surface area contributed by atoms with Gasteiger partial charge in [0.15, 0.2) is 17.7 Å². The lowest BCUT2D eigenvalue weighted by molar-refractivity contribution is -0.603. The molecule has 0 unspecified atom stereocenters. The Morgan fingerprint density at radius 1 is 1.23 bits per heavy atom. The van der Waals surface area contributed by atoms with Crippen LogP contribution in [-0.2, 0) is 6.18 Å². The molecule has 0 fully saturated rings. The number of nitrogens with zero attached hydrogens (tertiary/aromatic N) is 7. The molecule has 0 bridgehead atoms. The lowest BCUT2D eigenvalue weighted by Crippen LogP contribution is -2.27. The fourth-order valence-corrected chi connectivity index (χ4v) is 4.51. The molecule has 0 aliphatic carbocycles. The molecule has 5 rings (SSSR count). The molecule has 5 heterocycles. The number of carbonyl (C=O) groups is 1. The van der Waals surface area contributed by atoms with Crippen LogP contribution in [0.15, 0.2) is 48.5 Å². The molecular weight excluding hydrogens is 509 g/mol. The molecule has 0 saturated carbocycles. The van der Waals surface area contributed by atoms with Crippen LogP contribution in [0.5, 0.6) is 0 Å². The number of rotatable bonds is 4. The molecule has 35 heavy (non-hydrogen) atoms. The predicted molar refractivity (Wildman–Crippen MR) is 120 cm³/mol. The van der Waals surface area contributed by atoms with Gasteiger partial charge in [-0.1, -0.05) is 11.6 Å². The first-order valence-corrected chi connectivity index (χ1v) is 11.0. The standard InChI is InChI=1S/C20H12ClF3N8O2S/c1-10-14(6-13(21)18(28-10)32-25-3-4-26-32)29-19(33)12-7-27-31(17(12)20(22,23)24)15-8-30(34)9-16-11(15)2-5-35-16/h2-9H,1H3,(H,29,33). The highest BCUT2D eigenvalue weighted by Gasteiger charge is 2.41. The average Bonchev–Trinajstić information content (AvgIpc) is 3.55. The minimum absolute atomic E-state index is 0.0676. The van der Waals surface area contributed by atoms with Crippen LogP contribution in [-0.4, -0.2) is 35.7 Å². The molecule has 5 aromatic heterocycles. The molecule has 0 aliphatic heterocycles. The summed E-state index contributed by atoms with van der Waals surface area (Å²) in [7, 11) is 0. The third-order valence-corrected chi connectivity index (χ3v) is 6.11. The first-order valence-electron chi connectivity index (χ1n) is 9.74. The summed E-state index contributed by atoms with van der Waals surface area (Å²) < 4.78 is 43.8. The molecule has 0 radical (unpaired) electrons. The van der Waals surface area contributed by atoms with Crippen LogP contribution in [0.3, 0.4) is 0 Å². The third kappa shape index (κ3) is 4.06. The van der Waals surface area contributed by atoms with Crippen LogP contribution in [0.2, 0.25) is 5.02 Å². The number of thiophene rings is 1. The maximum absolute atomic E-state index is 14.1. The van der Waals surface area contributed by atoms with Crippen molar-refractivity contribution in [2.75, 3.05) is 5.32 Å². The van der Waals surface area contributed by atoms with Crippen LogP contribution in [0.25, 0.3) is 21.6 Å². The number of alkyl halides is 3. The third-order valence-electron chi connectivity index (χ3n) is 4.98. The van der Waals surface area contributed by atoms with Gasteiger partial charge in [0.2, 0.25) is 6.20 Å². The Labute approximate surface area is 202 Å². The summed E-state index contributed by atoms with van der Waals surface area (Å²) in [4.78, 5) is 18.4. The van der Waals surface area contributed by atoms with E-state index >= 15 is 0 Å². The number of hydrogen-bond donors (Lipinski definition) is 1. The second kappa shape index (κ2) is 8.32. The number of carbonyl (C=O) groups excluding carboxylic acids is 1. The van der Waals surface area contributed by atoms with Gasteiger partial charge >= 0.3 is 6.18 Å². The Hall–Kier alpha value is -4.04. The van der Waals surface area contributed by atoms with E-state index in [-0.39, 0.29) is 27.9 Å². The summed E-state index contributed by atoms with van der Waals surface area (Å²) in [6.45, 7) is 1.54. The van der Waals surface area contributed by atoms with Crippen LogP contribution in [0.4, 0.5) is 18.9 Å². The first kappa shape index (κ1) is 22.7. The summed E-state index contributed by atoms with van der Waals surface area (Å²) >= 11 is 7.42. The van der Waals surface area contributed by atoms with Crippen molar-refractivity contribution in [3.05, 3.63) is 75.7 Å². The summed E-state index contributed by atoms with van der Waals surface area (Å²) in [6.07, 6.45) is 0.889. The van der Waals surface area contributed by atoms with E-state index in [4.69, 9.17) is 11.6 Å². The average molecular weight is 521 g/mol. The fourth-order valence-electron chi connectivity index (χ4n) is 3.46. The molecule has 178 valence electrons. The maximum atomic E-state index is 14.1. The van der Waals surface area contributed by atoms with Crippen molar-refractivity contribution in [1.82, 2.24) is 29.8 Å². The highest BCUT2D eigenvalue weighted by Crippen LogP contribution is 2.36. The highest BCUT2D eigenvalue weighted by atomic mass is 35.5. The molecule has 5 aromatic rings. The Bertz CT molecular complexity index is 1580. The number of aromatic nitrogens is 7. The number of hydrogen-bond acceptors (Lipinski definition) is 7. The zero-order chi connectivity index (χ0) is 24.9. The van der Waals surface area contributed by atoms with E-state index in [1.165, 1.54) is 47.7 Å². The topological polar surface area (TPSA) is 117 Å². The van der Waals surface area contributed by atoms with Gasteiger partial charge in [0.25, 0.3) is 5.91 Å². The number of nitrogens with one attached hydrogen (secondary N) is 1. The van der Waals surface area contributed by atoms with E-state index < -0.39 is 23.3 Å². The molecule has 15 heteroatoms. The summed E-state index contributed by atoms with van der Waals surface area (Å²) in [6, 6.07) is 2.91. The van der Waals surface area contributed by atoms with E-state index in [9.17, 15) is 23.2 Å². The van der Waals surface area contributed by atoms with Crippen molar-refractivity contribution in [3.63, 3.8) is 0 Å². The van der Waals surface area contributed by atoms with E-state index in [1.54, 1.807) is 11.4 Å². The molecular formula is C20H12ClF3N8O2S. The van der Waals surface area contributed by atoms with Crippen molar-refractivity contribution < 1.29 is 22.7 Å². The molecule has 0 aromatic carbocycles. The van der Waals surface area contributed by atoms with E-state index in [0.717, 1.165) is 12.4 Å². The smallest absolute Gasteiger partial charge is 0.434 e. The second-order valence-electron chi connectivity index (χ2n) is 7.22. The Morgan fingerprint density at radius 3 is 2.69 bits per heavy atom. The molecule has 0 aliphatic rings. The summed E-state index contributed by atoms with van der Waals surface area (Å²) in [5.74, 6) is -0.896. The van der Waals surface area contributed by atoms with Crippen molar-refractivity contribution in [2.45, 2.75) is 13.1 Å². The van der Waals surface area contributed by atoms with Crippen molar-refractivity contribution in [1.29, 1.82) is 0 Å². The van der Waals surface area contributed by atoms with Gasteiger partial charge in [-0.05, 0) is 24.4 Å². The van der Waals surface area contributed by atoms with Gasteiger partial charge in [-0.25, -0.2) is 9.67 Å². The molecule has 10 nitrogen and oxygen atoms in total. The Morgan fingerprint density at radius 2 is 1.97 bits per heavy atom. The number of fused-ring (bicyclic) bond motifs is 1. The highest BCUT2D eigenvalue weighted by molar-refractivity contribution is 7.17. The zero-order valence-electron chi connectivity index (χ0n) is 17.5. The van der Waals surface area contributed by atoms with Gasteiger partial charge in [-0.2, -0.15) is 33.2 Å². The van der Waals surface area contributed by atoms with E-state index in [0.29, 0.717) is 19.5 Å². The molecule has 0 saturated heterocycles. The van der Waals surface area contributed by atoms with Gasteiger partial charge in [-0.15, -0.1) is 16.1 Å². The van der Waals surface area contributed by atoms with Crippen LogP contribution < -0.4 is 10.0 Å². The monoisotopic (exact) mass is 520 g/mol. The van der Waals surface area contributed by atoms with Crippen molar-refractivity contribution in [3.8, 4) is 11.5 Å². The number of amides is 1. The summed E-state index contributed by atoms with van der Waals surface area (Å²) in [5.41, 5.74) is -1.82. The van der Waals surface area contributed by atoms with Crippen molar-refractivity contribution in [2.24, 2.45) is 0 Å². The quantitative estimate of drug-likeness (QED) is 0.283. The number of aryl methyl sites for hydroxylation is 1. The SMILES string of the molecule is Cc1nc(-n2nccn2)c(Cl)cc1NC(=O)c1cnn(-c2c[n+]([O-])cc3sccc23)c1C(F)(F)F. The van der Waals surface area contributed by atoms with Gasteiger partial charge < -0.3 is 10.5 Å².